The lowest BCUT2D eigenvalue weighted by atomic mass is 10.1. The van der Waals surface area contributed by atoms with Crippen LogP contribution < -0.4 is 9.31 Å². The van der Waals surface area contributed by atoms with Crippen LogP contribution in [0.25, 0.3) is 0 Å². The summed E-state index contributed by atoms with van der Waals surface area (Å²) >= 11 is 12.8. The summed E-state index contributed by atoms with van der Waals surface area (Å²) in [6.07, 6.45) is 1.42. The van der Waals surface area contributed by atoms with E-state index in [1.807, 2.05) is 36.4 Å². The molecule has 0 aliphatic heterocycles. The Balaban J connectivity index is 2.11. The van der Waals surface area contributed by atoms with Crippen molar-refractivity contribution in [1.29, 1.82) is 0 Å². The summed E-state index contributed by atoms with van der Waals surface area (Å²) in [6, 6.07) is 11.4. The Morgan fingerprint density at radius 1 is 0.535 bits per heavy atom. The highest BCUT2D eigenvalue weighted by Crippen LogP contribution is 2.43. The maximum absolute atomic E-state index is 6.80. The predicted molar refractivity (Wildman–Crippen MR) is 191 cm³/mol. The normalized spacial score (nSPS) is 12.8. The molecule has 0 saturated heterocycles. The van der Waals surface area contributed by atoms with Gasteiger partial charge in [-0.2, -0.15) is 0 Å². The molecule has 0 saturated carbocycles. The first-order valence-electron chi connectivity index (χ1n) is 16.1. The number of hydrogen-bond acceptors (Lipinski definition) is 4. The minimum Gasteiger partial charge on any atom is -0.526 e. The number of benzene rings is 2. The van der Waals surface area contributed by atoms with Gasteiger partial charge in [0.2, 0.25) is 0 Å². The van der Waals surface area contributed by atoms with E-state index in [0.717, 1.165) is 11.1 Å². The van der Waals surface area contributed by atoms with Crippen molar-refractivity contribution < 1.29 is 18.2 Å². The monoisotopic (exact) mass is 665 g/mol. The average Bonchev–Trinajstić information content (AvgIpc) is 2.90. The summed E-state index contributed by atoms with van der Waals surface area (Å²) in [5, 5.41) is 1.35. The predicted octanol–water partition coefficient (Wildman–Crippen LogP) is 11.5. The molecule has 2 aromatic rings. The number of rotatable bonds is 18. The standard InChI is InChI=1S/C34H56BCl2O4Si2/c1-23(2)42(24(3)4,25(5)6)38-19-17-29-21-31(36)13-15-33(29)40-35-41-34-16-14-32(37)22-30(34)18-20-39-43(26(7)8,27(9)10)28(11)12/h13-16,21-28H,17-20H2,1-12H3. The molecule has 0 aliphatic rings. The Morgan fingerprint density at radius 2 is 0.837 bits per heavy atom. The number of hydrogen-bond donors (Lipinski definition) is 0. The van der Waals surface area contributed by atoms with Gasteiger partial charge in [0.1, 0.15) is 11.5 Å². The van der Waals surface area contributed by atoms with Crippen LogP contribution in [0.3, 0.4) is 0 Å². The van der Waals surface area contributed by atoms with Gasteiger partial charge in [-0.05, 0) is 93.6 Å². The molecule has 0 aliphatic carbocycles. The van der Waals surface area contributed by atoms with Crippen LogP contribution in [0.1, 0.15) is 94.2 Å². The quantitative estimate of drug-likeness (QED) is 0.148. The minimum absolute atomic E-state index is 0.531. The van der Waals surface area contributed by atoms with Gasteiger partial charge in [0, 0.05) is 23.3 Å². The maximum atomic E-state index is 6.80. The van der Waals surface area contributed by atoms with E-state index in [1.54, 1.807) is 0 Å². The van der Waals surface area contributed by atoms with Crippen LogP contribution in [0.4, 0.5) is 0 Å². The molecule has 4 nitrogen and oxygen atoms in total. The van der Waals surface area contributed by atoms with E-state index < -0.39 is 16.6 Å². The van der Waals surface area contributed by atoms with Crippen molar-refractivity contribution in [3.8, 4) is 11.5 Å². The highest BCUT2D eigenvalue weighted by molar-refractivity contribution is 6.78. The lowest BCUT2D eigenvalue weighted by Crippen LogP contribution is -2.48. The first kappa shape index (κ1) is 38.2. The van der Waals surface area contributed by atoms with Crippen LogP contribution in [0.15, 0.2) is 36.4 Å². The molecule has 9 heteroatoms. The second-order valence-electron chi connectivity index (χ2n) is 13.7. The van der Waals surface area contributed by atoms with Gasteiger partial charge in [-0.25, -0.2) is 0 Å². The Labute approximate surface area is 276 Å². The Morgan fingerprint density at radius 3 is 1.12 bits per heavy atom. The molecule has 0 N–H and O–H groups in total. The van der Waals surface area contributed by atoms with E-state index in [-0.39, 0.29) is 0 Å². The average molecular weight is 667 g/mol. The van der Waals surface area contributed by atoms with Gasteiger partial charge in [-0.1, -0.05) is 106 Å². The summed E-state index contributed by atoms with van der Waals surface area (Å²) in [5.74, 6) is 1.42. The number of halogens is 2. The Kier molecular flexibility index (Phi) is 15.2. The molecule has 241 valence electrons. The van der Waals surface area contributed by atoms with Crippen LogP contribution in [0.5, 0.6) is 11.5 Å². The highest BCUT2D eigenvalue weighted by atomic mass is 35.5. The van der Waals surface area contributed by atoms with E-state index in [9.17, 15) is 0 Å². The first-order valence-corrected chi connectivity index (χ1v) is 21.1. The van der Waals surface area contributed by atoms with Crippen molar-refractivity contribution in [3.63, 3.8) is 0 Å². The van der Waals surface area contributed by atoms with Crippen LogP contribution in [-0.2, 0) is 21.7 Å². The molecule has 0 atom stereocenters. The molecule has 0 fully saturated rings. The highest BCUT2D eigenvalue weighted by Gasteiger charge is 2.45. The van der Waals surface area contributed by atoms with Crippen molar-refractivity contribution in [3.05, 3.63) is 57.6 Å². The molecule has 43 heavy (non-hydrogen) atoms. The second kappa shape index (κ2) is 17.1. The fraction of sp³-hybridized carbons (Fsp3) is 0.647. The lowest BCUT2D eigenvalue weighted by molar-refractivity contribution is 0.280. The van der Waals surface area contributed by atoms with E-state index >= 15 is 0 Å². The van der Waals surface area contributed by atoms with Crippen LogP contribution in [-0.4, -0.2) is 37.5 Å². The van der Waals surface area contributed by atoms with Gasteiger partial charge in [0.15, 0.2) is 16.6 Å². The molecule has 0 heterocycles. The fourth-order valence-electron chi connectivity index (χ4n) is 7.52. The molecule has 0 aromatic heterocycles. The van der Waals surface area contributed by atoms with Crippen molar-refractivity contribution >= 4 is 47.5 Å². The van der Waals surface area contributed by atoms with Crippen molar-refractivity contribution in [1.82, 2.24) is 0 Å². The topological polar surface area (TPSA) is 36.9 Å². The van der Waals surface area contributed by atoms with Gasteiger partial charge < -0.3 is 18.2 Å². The third-order valence-corrected chi connectivity index (χ3v) is 22.0. The summed E-state index contributed by atoms with van der Waals surface area (Å²) in [5.41, 5.74) is 5.17. The molecular weight excluding hydrogens is 610 g/mol. The summed E-state index contributed by atoms with van der Waals surface area (Å²) in [4.78, 5) is 0. The zero-order chi connectivity index (χ0) is 32.5. The molecule has 0 spiro atoms. The smallest absolute Gasteiger partial charge is 0.526 e. The zero-order valence-electron chi connectivity index (χ0n) is 28.7. The van der Waals surface area contributed by atoms with Crippen molar-refractivity contribution in [2.24, 2.45) is 0 Å². The van der Waals surface area contributed by atoms with Gasteiger partial charge in [0.25, 0.3) is 0 Å². The molecular formula is C34H56BCl2O4Si2. The molecule has 0 amide bonds. The molecule has 0 unspecified atom stereocenters. The van der Waals surface area contributed by atoms with Gasteiger partial charge in [-0.15, -0.1) is 0 Å². The Bertz CT molecular complexity index is 1010. The summed E-state index contributed by atoms with van der Waals surface area (Å²) in [7, 11) is -2.53. The van der Waals surface area contributed by atoms with E-state index in [0.29, 0.717) is 80.8 Å². The summed E-state index contributed by atoms with van der Waals surface area (Å²) < 4.78 is 25.7. The zero-order valence-corrected chi connectivity index (χ0v) is 32.2. The lowest BCUT2D eigenvalue weighted by Gasteiger charge is -2.42. The SMILES string of the molecule is CC(C)[Si](OCCc1cc(Cl)ccc1O[B]Oc1ccc(Cl)cc1CCO[Si](C(C)C)(C(C)C)C(C)C)(C(C)C)C(C)C. The molecule has 0 bridgehead atoms. The van der Waals surface area contributed by atoms with Gasteiger partial charge in [0.05, 0.1) is 0 Å². The molecule has 1 radical (unpaired) electrons. The van der Waals surface area contributed by atoms with Crippen molar-refractivity contribution in [2.75, 3.05) is 13.2 Å². The minimum atomic E-state index is -1.96. The van der Waals surface area contributed by atoms with Crippen LogP contribution in [0.2, 0.25) is 43.3 Å². The third-order valence-electron chi connectivity index (χ3n) is 9.26. The Hall–Kier alpha value is -0.961. The first-order chi connectivity index (χ1) is 20.1. The van der Waals surface area contributed by atoms with Gasteiger partial charge >= 0.3 is 7.69 Å². The van der Waals surface area contributed by atoms with Crippen LogP contribution in [0, 0.1) is 0 Å². The van der Waals surface area contributed by atoms with E-state index in [2.05, 4.69) is 83.1 Å². The molecule has 2 rings (SSSR count). The van der Waals surface area contributed by atoms with E-state index in [4.69, 9.17) is 41.4 Å². The van der Waals surface area contributed by atoms with Crippen molar-refractivity contribution in [2.45, 2.75) is 129 Å². The maximum Gasteiger partial charge on any atom is 0.658 e. The fourth-order valence-corrected chi connectivity index (χ4v) is 18.8. The third kappa shape index (κ3) is 9.52. The second-order valence-corrected chi connectivity index (χ2v) is 25.5. The van der Waals surface area contributed by atoms with E-state index in [1.165, 1.54) is 7.69 Å². The molecule has 2 aromatic carbocycles. The van der Waals surface area contributed by atoms with Crippen LogP contribution >= 0.6 is 23.2 Å². The van der Waals surface area contributed by atoms with Gasteiger partial charge in [-0.3, -0.25) is 0 Å². The largest absolute Gasteiger partial charge is 0.658 e. The summed E-state index contributed by atoms with van der Waals surface area (Å²) in [6.45, 7) is 28.9.